The van der Waals surface area contributed by atoms with Gasteiger partial charge in [0.25, 0.3) is 5.91 Å². The minimum absolute atomic E-state index is 0.0180. The molecule has 1 N–H and O–H groups in total. The highest BCUT2D eigenvalue weighted by molar-refractivity contribution is 7.15. The lowest BCUT2D eigenvalue weighted by Crippen LogP contribution is -2.11. The highest BCUT2D eigenvalue weighted by Crippen LogP contribution is 2.32. The zero-order valence-corrected chi connectivity index (χ0v) is 13.1. The Hall–Kier alpha value is -1.99. The van der Waals surface area contributed by atoms with E-state index in [4.69, 9.17) is 9.47 Å². The Kier molecular flexibility index (Phi) is 4.65. The highest BCUT2D eigenvalue weighted by Gasteiger charge is 2.22. The van der Waals surface area contributed by atoms with Gasteiger partial charge in [-0.1, -0.05) is 17.4 Å². The molecule has 1 amide bonds. The molecule has 1 aliphatic heterocycles. The molecule has 2 heterocycles. The fourth-order valence-corrected chi connectivity index (χ4v) is 3.07. The molecule has 1 unspecified atom stereocenters. The van der Waals surface area contributed by atoms with E-state index in [1.54, 1.807) is 18.2 Å². The number of amides is 1. The van der Waals surface area contributed by atoms with Gasteiger partial charge < -0.3 is 9.47 Å². The summed E-state index contributed by atoms with van der Waals surface area (Å²) in [4.78, 5) is 12.2. The van der Waals surface area contributed by atoms with Gasteiger partial charge in [0.15, 0.2) is 0 Å². The average Bonchev–Trinajstić information content (AvgIpc) is 3.18. The van der Waals surface area contributed by atoms with Crippen molar-refractivity contribution in [3.8, 4) is 5.75 Å². The van der Waals surface area contributed by atoms with Gasteiger partial charge in [0.1, 0.15) is 16.9 Å². The molecule has 2 aromatic rings. The van der Waals surface area contributed by atoms with Crippen LogP contribution in [0, 0.1) is 0 Å². The van der Waals surface area contributed by atoms with Gasteiger partial charge >= 0.3 is 0 Å². The largest absolute Gasteiger partial charge is 0.494 e. The fourth-order valence-electron chi connectivity index (χ4n) is 2.25. The number of carbonyl (C=O) groups is 1. The Morgan fingerprint density at radius 3 is 3.18 bits per heavy atom. The van der Waals surface area contributed by atoms with Crippen LogP contribution in [0.5, 0.6) is 5.75 Å². The van der Waals surface area contributed by atoms with Gasteiger partial charge in [0.2, 0.25) is 5.13 Å². The molecule has 7 heteroatoms. The normalized spacial score (nSPS) is 17.4. The smallest absolute Gasteiger partial charge is 0.257 e. The first kappa shape index (κ1) is 14.9. The Morgan fingerprint density at radius 2 is 2.41 bits per heavy atom. The number of rotatable bonds is 5. The first-order valence-corrected chi connectivity index (χ1v) is 8.07. The molecule has 1 aliphatic rings. The molecule has 3 rings (SSSR count). The van der Waals surface area contributed by atoms with Gasteiger partial charge in [-0.15, -0.1) is 10.2 Å². The molecule has 0 aliphatic carbocycles. The molecule has 0 saturated carbocycles. The number of carbonyl (C=O) groups excluding carboxylic acids is 1. The van der Waals surface area contributed by atoms with Crippen LogP contribution in [-0.2, 0) is 4.74 Å². The zero-order chi connectivity index (χ0) is 15.4. The minimum Gasteiger partial charge on any atom is -0.494 e. The Balaban J connectivity index is 1.67. The number of hydrogen-bond donors (Lipinski definition) is 1. The van der Waals surface area contributed by atoms with Crippen molar-refractivity contribution in [3.63, 3.8) is 0 Å². The third-order valence-electron chi connectivity index (χ3n) is 3.27. The second-order valence-electron chi connectivity index (χ2n) is 4.86. The van der Waals surface area contributed by atoms with Gasteiger partial charge in [0, 0.05) is 12.2 Å². The van der Waals surface area contributed by atoms with Gasteiger partial charge in [-0.25, -0.2) is 0 Å². The zero-order valence-electron chi connectivity index (χ0n) is 12.2. The van der Waals surface area contributed by atoms with E-state index in [-0.39, 0.29) is 12.0 Å². The number of nitrogens with zero attached hydrogens (tertiary/aromatic N) is 2. The van der Waals surface area contributed by atoms with E-state index >= 15 is 0 Å². The predicted molar refractivity (Wildman–Crippen MR) is 83.4 cm³/mol. The second-order valence-corrected chi connectivity index (χ2v) is 5.87. The number of ether oxygens (including phenoxy) is 2. The van der Waals surface area contributed by atoms with Gasteiger partial charge in [-0.05, 0) is 38.0 Å². The summed E-state index contributed by atoms with van der Waals surface area (Å²) in [5.74, 6) is 0.448. The lowest BCUT2D eigenvalue weighted by molar-refractivity contribution is 0.102. The van der Waals surface area contributed by atoms with Crippen molar-refractivity contribution < 1.29 is 14.3 Å². The van der Waals surface area contributed by atoms with Crippen LogP contribution in [0.1, 0.15) is 41.2 Å². The van der Waals surface area contributed by atoms with Crippen molar-refractivity contribution in [3.05, 3.63) is 34.8 Å². The molecule has 22 heavy (non-hydrogen) atoms. The third-order valence-corrected chi connectivity index (χ3v) is 4.20. The first-order valence-electron chi connectivity index (χ1n) is 7.25. The van der Waals surface area contributed by atoms with Crippen molar-refractivity contribution in [1.82, 2.24) is 10.2 Å². The monoisotopic (exact) mass is 319 g/mol. The van der Waals surface area contributed by atoms with E-state index in [2.05, 4.69) is 15.5 Å². The van der Waals surface area contributed by atoms with Crippen molar-refractivity contribution in [2.75, 3.05) is 18.5 Å². The molecule has 0 bridgehead atoms. The summed E-state index contributed by atoms with van der Waals surface area (Å²) in [5, 5.41) is 12.2. The molecule has 0 radical (unpaired) electrons. The Bertz CT molecular complexity index is 653. The van der Waals surface area contributed by atoms with Crippen LogP contribution in [0.3, 0.4) is 0 Å². The molecule has 1 atom stereocenters. The number of aromatic nitrogens is 2. The Morgan fingerprint density at radius 1 is 1.50 bits per heavy atom. The maximum Gasteiger partial charge on any atom is 0.257 e. The van der Waals surface area contributed by atoms with E-state index in [0.29, 0.717) is 23.1 Å². The first-order chi connectivity index (χ1) is 10.8. The van der Waals surface area contributed by atoms with Gasteiger partial charge in [-0.3, -0.25) is 10.1 Å². The number of hydrogen-bond acceptors (Lipinski definition) is 6. The van der Waals surface area contributed by atoms with E-state index in [0.717, 1.165) is 24.5 Å². The molecular formula is C15H17N3O3S. The van der Waals surface area contributed by atoms with Crippen LogP contribution in [0.15, 0.2) is 24.3 Å². The van der Waals surface area contributed by atoms with Crippen LogP contribution < -0.4 is 10.1 Å². The minimum atomic E-state index is -0.225. The maximum atomic E-state index is 12.2. The van der Waals surface area contributed by atoms with E-state index in [1.165, 1.54) is 11.3 Å². The lowest BCUT2D eigenvalue weighted by atomic mass is 10.2. The molecule has 1 saturated heterocycles. The van der Waals surface area contributed by atoms with Crippen LogP contribution >= 0.6 is 11.3 Å². The number of benzene rings is 1. The second kappa shape index (κ2) is 6.85. The van der Waals surface area contributed by atoms with Crippen molar-refractivity contribution in [1.29, 1.82) is 0 Å². The fraction of sp³-hybridized carbons (Fsp3) is 0.400. The van der Waals surface area contributed by atoms with Crippen molar-refractivity contribution in [2.24, 2.45) is 0 Å². The summed E-state index contributed by atoms with van der Waals surface area (Å²) < 4.78 is 11.0. The summed E-state index contributed by atoms with van der Waals surface area (Å²) in [6.45, 7) is 3.23. The number of nitrogens with one attached hydrogen (secondary N) is 1. The van der Waals surface area contributed by atoms with Crippen LogP contribution in [0.25, 0.3) is 0 Å². The average molecular weight is 319 g/mol. The number of anilines is 1. The SMILES string of the molecule is CCOc1cccc(C(=O)Nc2nnc(C3CCCO3)s2)c1. The summed E-state index contributed by atoms with van der Waals surface area (Å²) >= 11 is 1.36. The standard InChI is InChI=1S/C15H17N3O3S/c1-2-20-11-6-3-5-10(9-11)13(19)16-15-18-17-14(22-15)12-7-4-8-21-12/h3,5-6,9,12H,2,4,7-8H2,1H3,(H,16,18,19). The van der Waals surface area contributed by atoms with Crippen LogP contribution in [0.4, 0.5) is 5.13 Å². The summed E-state index contributed by atoms with van der Waals surface area (Å²) in [7, 11) is 0. The van der Waals surface area contributed by atoms with Gasteiger partial charge in [-0.2, -0.15) is 0 Å². The van der Waals surface area contributed by atoms with Crippen LogP contribution in [0.2, 0.25) is 0 Å². The van der Waals surface area contributed by atoms with E-state index < -0.39 is 0 Å². The molecular weight excluding hydrogens is 302 g/mol. The molecule has 1 fully saturated rings. The van der Waals surface area contributed by atoms with E-state index in [1.807, 2.05) is 13.0 Å². The Labute approximate surface area is 132 Å². The molecule has 6 nitrogen and oxygen atoms in total. The molecule has 1 aromatic heterocycles. The predicted octanol–water partition coefficient (Wildman–Crippen LogP) is 3.04. The topological polar surface area (TPSA) is 73.3 Å². The van der Waals surface area contributed by atoms with Crippen molar-refractivity contribution >= 4 is 22.4 Å². The van der Waals surface area contributed by atoms with Gasteiger partial charge in [0.05, 0.1) is 6.61 Å². The molecule has 0 spiro atoms. The van der Waals surface area contributed by atoms with Crippen LogP contribution in [-0.4, -0.2) is 29.3 Å². The molecule has 1 aromatic carbocycles. The lowest BCUT2D eigenvalue weighted by Gasteiger charge is -2.05. The maximum absolute atomic E-state index is 12.2. The summed E-state index contributed by atoms with van der Waals surface area (Å²) in [5.41, 5.74) is 0.528. The van der Waals surface area contributed by atoms with E-state index in [9.17, 15) is 4.79 Å². The molecule has 116 valence electrons. The van der Waals surface area contributed by atoms with Crippen molar-refractivity contribution in [2.45, 2.75) is 25.9 Å². The summed E-state index contributed by atoms with van der Waals surface area (Å²) in [6.07, 6.45) is 2.01. The summed E-state index contributed by atoms with van der Waals surface area (Å²) in [6, 6.07) is 7.05. The quantitative estimate of drug-likeness (QED) is 0.917. The third kappa shape index (κ3) is 3.42. The highest BCUT2D eigenvalue weighted by atomic mass is 32.1.